The number of aromatic nitrogens is 3. The molecular weight excluding hydrogens is 442 g/mol. The molecule has 176 valence electrons. The molecule has 1 amide bonds. The minimum Gasteiger partial charge on any atom is -0.492 e. The Kier molecular flexibility index (Phi) is 6.94. The molecule has 0 bridgehead atoms. The number of aryl methyl sites for hydroxylation is 1. The maximum atomic E-state index is 13.2. The van der Waals surface area contributed by atoms with E-state index < -0.39 is 10.0 Å². The summed E-state index contributed by atoms with van der Waals surface area (Å²) in [6, 6.07) is 12.2. The van der Waals surface area contributed by atoms with Gasteiger partial charge in [-0.15, -0.1) is 5.10 Å². The third-order valence-electron chi connectivity index (χ3n) is 5.83. The number of benzene rings is 2. The number of nitrogens with one attached hydrogen (secondary N) is 1. The van der Waals surface area contributed by atoms with E-state index in [0.717, 1.165) is 18.5 Å². The lowest BCUT2D eigenvalue weighted by atomic mass is 9.97. The molecule has 0 atom stereocenters. The second-order valence-corrected chi connectivity index (χ2v) is 10.00. The number of fused-ring (bicyclic) bond motifs is 1. The first-order valence-corrected chi connectivity index (χ1v) is 12.7. The Hall–Kier alpha value is -2.98. The molecular formula is C23H29N5O4S. The average molecular weight is 472 g/mol. The summed E-state index contributed by atoms with van der Waals surface area (Å²) in [5.41, 5.74) is 2.01. The zero-order valence-electron chi connectivity index (χ0n) is 18.9. The molecule has 33 heavy (non-hydrogen) atoms. The molecule has 1 fully saturated rings. The number of nitrogens with zero attached hydrogens (tertiary/aromatic N) is 4. The number of anilines is 1. The standard InChI is InChI=1S/C23H29N5O4S/c1-3-13-28-21-10-9-18(16-20(21)25-26-28)33(30,31)27-14-11-17(12-15-27)23(29)24-19-7-5-6-8-22(19)32-4-2/h5-10,16-17H,3-4,11-15H2,1-2H3,(H,24,29). The van der Waals surface area contributed by atoms with Crippen molar-refractivity contribution in [1.82, 2.24) is 19.3 Å². The quantitative estimate of drug-likeness (QED) is 0.540. The van der Waals surface area contributed by atoms with E-state index in [1.165, 1.54) is 4.31 Å². The summed E-state index contributed by atoms with van der Waals surface area (Å²) >= 11 is 0. The predicted octanol–water partition coefficient (Wildman–Crippen LogP) is 3.28. The predicted molar refractivity (Wildman–Crippen MR) is 126 cm³/mol. The Bertz CT molecular complexity index is 1230. The highest BCUT2D eigenvalue weighted by Gasteiger charge is 2.32. The lowest BCUT2D eigenvalue weighted by Crippen LogP contribution is -2.41. The van der Waals surface area contributed by atoms with Crippen LogP contribution in [-0.2, 0) is 21.4 Å². The zero-order chi connectivity index (χ0) is 23.4. The Morgan fingerprint density at radius 3 is 2.64 bits per heavy atom. The average Bonchev–Trinajstić information content (AvgIpc) is 3.23. The van der Waals surface area contributed by atoms with Gasteiger partial charge >= 0.3 is 0 Å². The first kappa shape index (κ1) is 23.2. The van der Waals surface area contributed by atoms with Crippen molar-refractivity contribution >= 4 is 32.7 Å². The lowest BCUT2D eigenvalue weighted by Gasteiger charge is -2.30. The topological polar surface area (TPSA) is 106 Å². The Morgan fingerprint density at radius 2 is 1.91 bits per heavy atom. The van der Waals surface area contributed by atoms with Crippen molar-refractivity contribution in [2.45, 2.75) is 44.6 Å². The van der Waals surface area contributed by atoms with Gasteiger partial charge in [-0.3, -0.25) is 4.79 Å². The molecule has 1 N–H and O–H groups in total. The molecule has 2 aromatic carbocycles. The molecule has 4 rings (SSSR count). The summed E-state index contributed by atoms with van der Waals surface area (Å²) in [5, 5.41) is 11.2. The number of hydrogen-bond donors (Lipinski definition) is 1. The van der Waals surface area contributed by atoms with Crippen molar-refractivity contribution in [2.75, 3.05) is 25.0 Å². The van der Waals surface area contributed by atoms with Crippen LogP contribution in [0.4, 0.5) is 5.69 Å². The second kappa shape index (κ2) is 9.88. The van der Waals surface area contributed by atoms with Crippen molar-refractivity contribution < 1.29 is 17.9 Å². The van der Waals surface area contributed by atoms with Crippen LogP contribution in [0.3, 0.4) is 0 Å². The number of piperidine rings is 1. The van der Waals surface area contributed by atoms with Crippen LogP contribution in [0.2, 0.25) is 0 Å². The Morgan fingerprint density at radius 1 is 1.15 bits per heavy atom. The van der Waals surface area contributed by atoms with Gasteiger partial charge in [-0.05, 0) is 56.5 Å². The van der Waals surface area contributed by atoms with Crippen LogP contribution in [-0.4, -0.2) is 53.3 Å². The normalized spacial score (nSPS) is 15.6. The number of sulfonamides is 1. The molecule has 0 aliphatic carbocycles. The fourth-order valence-corrected chi connectivity index (χ4v) is 5.57. The molecule has 9 nitrogen and oxygen atoms in total. The van der Waals surface area contributed by atoms with E-state index >= 15 is 0 Å². The zero-order valence-corrected chi connectivity index (χ0v) is 19.7. The van der Waals surface area contributed by atoms with E-state index in [4.69, 9.17) is 4.74 Å². The molecule has 0 unspecified atom stereocenters. The molecule has 1 saturated heterocycles. The summed E-state index contributed by atoms with van der Waals surface area (Å²) in [6.07, 6.45) is 1.83. The van der Waals surface area contributed by atoms with Crippen LogP contribution in [0.25, 0.3) is 11.0 Å². The van der Waals surface area contributed by atoms with E-state index in [-0.39, 0.29) is 29.8 Å². The fourth-order valence-electron chi connectivity index (χ4n) is 4.08. The summed E-state index contributed by atoms with van der Waals surface area (Å²) in [5.74, 6) is 0.246. The van der Waals surface area contributed by atoms with Gasteiger partial charge in [-0.25, -0.2) is 13.1 Å². The third-order valence-corrected chi connectivity index (χ3v) is 7.72. The van der Waals surface area contributed by atoms with Crippen LogP contribution < -0.4 is 10.1 Å². The van der Waals surface area contributed by atoms with Gasteiger partial charge in [0.25, 0.3) is 0 Å². The van der Waals surface area contributed by atoms with E-state index in [9.17, 15) is 13.2 Å². The van der Waals surface area contributed by atoms with Crippen molar-refractivity contribution in [3.05, 3.63) is 42.5 Å². The van der Waals surface area contributed by atoms with E-state index in [1.54, 1.807) is 28.9 Å². The van der Waals surface area contributed by atoms with Crippen molar-refractivity contribution in [1.29, 1.82) is 0 Å². The largest absolute Gasteiger partial charge is 0.492 e. The number of para-hydroxylation sites is 2. The van der Waals surface area contributed by atoms with Crippen molar-refractivity contribution in [3.8, 4) is 5.75 Å². The van der Waals surface area contributed by atoms with Gasteiger partial charge in [-0.1, -0.05) is 24.3 Å². The molecule has 1 aliphatic rings. The highest BCUT2D eigenvalue weighted by atomic mass is 32.2. The SMILES string of the molecule is CCCn1nnc2cc(S(=O)(=O)N3CCC(C(=O)Nc4ccccc4OCC)CC3)ccc21. The highest BCUT2D eigenvalue weighted by molar-refractivity contribution is 7.89. The lowest BCUT2D eigenvalue weighted by molar-refractivity contribution is -0.120. The number of ether oxygens (including phenoxy) is 1. The van der Waals surface area contributed by atoms with Crippen molar-refractivity contribution in [2.24, 2.45) is 5.92 Å². The maximum Gasteiger partial charge on any atom is 0.243 e. The first-order valence-electron chi connectivity index (χ1n) is 11.3. The Balaban J connectivity index is 1.42. The van der Waals surface area contributed by atoms with Gasteiger partial charge in [0.1, 0.15) is 11.3 Å². The highest BCUT2D eigenvalue weighted by Crippen LogP contribution is 2.28. The number of amides is 1. The molecule has 2 heterocycles. The second-order valence-electron chi connectivity index (χ2n) is 8.06. The number of carbonyl (C=O) groups is 1. The summed E-state index contributed by atoms with van der Waals surface area (Å²) in [4.78, 5) is 13.0. The maximum absolute atomic E-state index is 13.2. The summed E-state index contributed by atoms with van der Waals surface area (Å²) in [6.45, 7) is 5.74. The molecule has 0 radical (unpaired) electrons. The monoisotopic (exact) mass is 471 g/mol. The van der Waals surface area contributed by atoms with Gasteiger partial charge in [0.2, 0.25) is 15.9 Å². The van der Waals surface area contributed by atoms with Crippen LogP contribution in [0.15, 0.2) is 47.4 Å². The number of carbonyl (C=O) groups excluding carboxylic acids is 1. The van der Waals surface area contributed by atoms with Crippen LogP contribution >= 0.6 is 0 Å². The smallest absolute Gasteiger partial charge is 0.243 e. The minimum atomic E-state index is -3.67. The summed E-state index contributed by atoms with van der Waals surface area (Å²) in [7, 11) is -3.67. The fraction of sp³-hybridized carbons (Fsp3) is 0.435. The van der Waals surface area contributed by atoms with Gasteiger partial charge in [0, 0.05) is 25.6 Å². The van der Waals surface area contributed by atoms with Gasteiger partial charge in [0.05, 0.1) is 22.7 Å². The molecule has 1 aliphatic heterocycles. The molecule has 0 spiro atoms. The van der Waals surface area contributed by atoms with Gasteiger partial charge in [0.15, 0.2) is 0 Å². The van der Waals surface area contributed by atoms with Gasteiger partial charge in [-0.2, -0.15) is 4.31 Å². The molecule has 0 saturated carbocycles. The summed E-state index contributed by atoms with van der Waals surface area (Å²) < 4.78 is 35.2. The molecule has 1 aromatic heterocycles. The van der Waals surface area contributed by atoms with Crippen LogP contribution in [0.5, 0.6) is 5.75 Å². The Labute approximate surface area is 193 Å². The van der Waals surface area contributed by atoms with Gasteiger partial charge < -0.3 is 10.1 Å². The van der Waals surface area contributed by atoms with E-state index in [0.29, 0.717) is 36.4 Å². The van der Waals surface area contributed by atoms with Crippen molar-refractivity contribution in [3.63, 3.8) is 0 Å². The van der Waals surface area contributed by atoms with E-state index in [2.05, 4.69) is 15.6 Å². The minimum absolute atomic E-state index is 0.117. The molecule has 3 aromatic rings. The first-order chi connectivity index (χ1) is 15.9. The number of hydrogen-bond acceptors (Lipinski definition) is 6. The molecule has 10 heteroatoms. The third kappa shape index (κ3) is 4.86. The van der Waals surface area contributed by atoms with Crippen LogP contribution in [0.1, 0.15) is 33.1 Å². The number of rotatable bonds is 8. The van der Waals surface area contributed by atoms with E-state index in [1.807, 2.05) is 32.0 Å². The van der Waals surface area contributed by atoms with Crippen LogP contribution in [0, 0.1) is 5.92 Å².